The van der Waals surface area contributed by atoms with Crippen LogP contribution in [0.15, 0.2) is 0 Å². The number of nitrogen functional groups attached to an aromatic ring is 1. The summed E-state index contributed by atoms with van der Waals surface area (Å²) >= 11 is 3.36. The molecule has 20 heavy (non-hydrogen) atoms. The van der Waals surface area contributed by atoms with E-state index in [1.54, 1.807) is 4.68 Å². The largest absolute Gasteiger partial charge is 0.397 e. The van der Waals surface area contributed by atoms with Crippen LogP contribution < -0.4 is 11.1 Å². The van der Waals surface area contributed by atoms with Crippen LogP contribution in [0.2, 0.25) is 0 Å². The molecule has 5 nitrogen and oxygen atoms in total. The summed E-state index contributed by atoms with van der Waals surface area (Å²) in [5.74, 6) is 1.15. The second-order valence-electron chi connectivity index (χ2n) is 5.08. The van der Waals surface area contributed by atoms with Crippen LogP contribution >= 0.6 is 23.1 Å². The molecule has 0 aliphatic carbocycles. The van der Waals surface area contributed by atoms with Gasteiger partial charge in [0.05, 0.1) is 16.8 Å². The molecule has 1 aliphatic rings. The average Bonchev–Trinajstić information content (AvgIpc) is 3.08. The van der Waals surface area contributed by atoms with Crippen molar-refractivity contribution in [2.24, 2.45) is 7.05 Å². The zero-order valence-corrected chi connectivity index (χ0v) is 13.2. The molecule has 1 atom stereocenters. The Hall–Kier alpha value is -1.21. The predicted molar refractivity (Wildman–Crippen MR) is 85.6 cm³/mol. The van der Waals surface area contributed by atoms with E-state index in [4.69, 9.17) is 5.73 Å². The number of fused-ring (bicyclic) bond motifs is 1. The Labute approximate surface area is 125 Å². The Kier molecular flexibility index (Phi) is 3.64. The first-order chi connectivity index (χ1) is 9.58. The number of carbonyl (C=O) groups excluding carboxylic acids is 1. The first-order valence-corrected chi connectivity index (χ1v) is 8.56. The lowest BCUT2D eigenvalue weighted by Gasteiger charge is -2.09. The number of nitrogens with one attached hydrogen (secondary N) is 1. The highest BCUT2D eigenvalue weighted by Gasteiger charge is 2.22. The van der Waals surface area contributed by atoms with E-state index in [-0.39, 0.29) is 5.91 Å². The topological polar surface area (TPSA) is 72.9 Å². The van der Waals surface area contributed by atoms with Gasteiger partial charge in [0.15, 0.2) is 0 Å². The smallest absolute Gasteiger partial charge is 0.263 e. The van der Waals surface area contributed by atoms with Gasteiger partial charge in [-0.15, -0.1) is 11.3 Å². The molecule has 0 aromatic carbocycles. The highest BCUT2D eigenvalue weighted by molar-refractivity contribution is 8.00. The van der Waals surface area contributed by atoms with E-state index >= 15 is 0 Å². The maximum absolute atomic E-state index is 12.3. The summed E-state index contributed by atoms with van der Waals surface area (Å²) in [5, 5.41) is 8.81. The summed E-state index contributed by atoms with van der Waals surface area (Å²) in [6, 6.07) is 0. The van der Waals surface area contributed by atoms with Crippen LogP contribution in [0.5, 0.6) is 0 Å². The Morgan fingerprint density at radius 3 is 3.05 bits per heavy atom. The lowest BCUT2D eigenvalue weighted by Crippen LogP contribution is -2.29. The Morgan fingerprint density at radius 2 is 2.40 bits per heavy atom. The van der Waals surface area contributed by atoms with Gasteiger partial charge in [-0.2, -0.15) is 16.9 Å². The first-order valence-electron chi connectivity index (χ1n) is 6.69. The van der Waals surface area contributed by atoms with E-state index in [1.165, 1.54) is 29.9 Å². The molecular weight excluding hydrogens is 292 g/mol. The fraction of sp³-hybridized carbons (Fsp3) is 0.538. The van der Waals surface area contributed by atoms with Crippen LogP contribution in [0.4, 0.5) is 5.69 Å². The van der Waals surface area contributed by atoms with Crippen molar-refractivity contribution in [3.05, 3.63) is 10.6 Å². The number of hydrogen-bond acceptors (Lipinski definition) is 5. The summed E-state index contributed by atoms with van der Waals surface area (Å²) < 4.78 is 1.79. The van der Waals surface area contributed by atoms with E-state index in [0.29, 0.717) is 15.8 Å². The van der Waals surface area contributed by atoms with E-state index in [9.17, 15) is 4.79 Å². The summed E-state index contributed by atoms with van der Waals surface area (Å²) in [6.45, 7) is 2.65. The van der Waals surface area contributed by atoms with Crippen molar-refractivity contribution in [3.8, 4) is 0 Å². The van der Waals surface area contributed by atoms with Gasteiger partial charge in [-0.25, -0.2) is 0 Å². The number of aromatic nitrogens is 2. The van der Waals surface area contributed by atoms with Gasteiger partial charge < -0.3 is 11.1 Å². The SMILES string of the molecule is Cc1nn(C)c2sc(C(=O)NCC3CCCS3)c(N)c12. The van der Waals surface area contributed by atoms with Crippen LogP contribution in [-0.4, -0.2) is 33.2 Å². The molecule has 0 saturated carbocycles. The van der Waals surface area contributed by atoms with Crippen LogP contribution in [-0.2, 0) is 7.05 Å². The summed E-state index contributed by atoms with van der Waals surface area (Å²) in [4.78, 5) is 13.9. The molecule has 0 spiro atoms. The van der Waals surface area contributed by atoms with Crippen molar-refractivity contribution in [1.82, 2.24) is 15.1 Å². The molecule has 1 aliphatic heterocycles. The van der Waals surface area contributed by atoms with E-state index < -0.39 is 0 Å². The van der Waals surface area contributed by atoms with Crippen molar-refractivity contribution < 1.29 is 4.79 Å². The van der Waals surface area contributed by atoms with Crippen molar-refractivity contribution in [2.75, 3.05) is 18.0 Å². The van der Waals surface area contributed by atoms with Crippen molar-refractivity contribution in [1.29, 1.82) is 0 Å². The molecule has 1 unspecified atom stereocenters. The molecule has 3 heterocycles. The van der Waals surface area contributed by atoms with Gasteiger partial charge in [0.2, 0.25) is 0 Å². The summed E-state index contributed by atoms with van der Waals surface area (Å²) in [7, 11) is 1.88. The molecule has 108 valence electrons. The zero-order valence-electron chi connectivity index (χ0n) is 11.6. The fourth-order valence-electron chi connectivity index (χ4n) is 2.59. The molecule has 2 aromatic heterocycles. The number of nitrogens with zero attached hydrogens (tertiary/aromatic N) is 2. The Balaban J connectivity index is 1.80. The number of nitrogens with two attached hydrogens (primary N) is 1. The highest BCUT2D eigenvalue weighted by atomic mass is 32.2. The number of amides is 1. The lowest BCUT2D eigenvalue weighted by atomic mass is 10.2. The van der Waals surface area contributed by atoms with Crippen molar-refractivity contribution >= 4 is 44.9 Å². The minimum absolute atomic E-state index is 0.0596. The minimum Gasteiger partial charge on any atom is -0.397 e. The minimum atomic E-state index is -0.0596. The second-order valence-corrected chi connectivity index (χ2v) is 7.49. The van der Waals surface area contributed by atoms with Crippen molar-refractivity contribution in [2.45, 2.75) is 25.0 Å². The normalized spacial score (nSPS) is 18.8. The van der Waals surface area contributed by atoms with Gasteiger partial charge in [0, 0.05) is 18.8 Å². The number of aryl methyl sites for hydroxylation is 2. The fourth-order valence-corrected chi connectivity index (χ4v) is 4.89. The zero-order chi connectivity index (χ0) is 14.3. The number of rotatable bonds is 3. The summed E-state index contributed by atoms with van der Waals surface area (Å²) in [6.07, 6.45) is 2.44. The van der Waals surface area contributed by atoms with Crippen molar-refractivity contribution in [3.63, 3.8) is 0 Å². The van der Waals surface area contributed by atoms with Crippen LogP contribution in [0.1, 0.15) is 28.2 Å². The Bertz CT molecular complexity index is 655. The highest BCUT2D eigenvalue weighted by Crippen LogP contribution is 2.35. The monoisotopic (exact) mass is 310 g/mol. The third-order valence-electron chi connectivity index (χ3n) is 3.60. The molecule has 1 saturated heterocycles. The van der Waals surface area contributed by atoms with Gasteiger partial charge >= 0.3 is 0 Å². The van der Waals surface area contributed by atoms with Crippen LogP contribution in [0.3, 0.4) is 0 Å². The van der Waals surface area contributed by atoms with Gasteiger partial charge in [-0.3, -0.25) is 9.48 Å². The Morgan fingerprint density at radius 1 is 1.60 bits per heavy atom. The first kappa shape index (κ1) is 13.8. The number of hydrogen-bond donors (Lipinski definition) is 2. The number of thioether (sulfide) groups is 1. The number of thiophene rings is 1. The van der Waals surface area contributed by atoms with Gasteiger partial charge in [-0.1, -0.05) is 0 Å². The second kappa shape index (κ2) is 5.29. The van der Waals surface area contributed by atoms with E-state index in [0.717, 1.165) is 22.5 Å². The molecular formula is C13H18N4OS2. The van der Waals surface area contributed by atoms with Crippen LogP contribution in [0, 0.1) is 6.92 Å². The molecule has 7 heteroatoms. The molecule has 1 amide bonds. The quantitative estimate of drug-likeness (QED) is 0.911. The molecule has 0 radical (unpaired) electrons. The third-order valence-corrected chi connectivity index (χ3v) is 6.27. The molecule has 0 bridgehead atoms. The molecule has 3 N–H and O–H groups in total. The lowest BCUT2D eigenvalue weighted by molar-refractivity contribution is 0.0958. The van der Waals surface area contributed by atoms with Crippen LogP contribution in [0.25, 0.3) is 10.2 Å². The van der Waals surface area contributed by atoms with Gasteiger partial charge in [-0.05, 0) is 25.5 Å². The average molecular weight is 310 g/mol. The number of carbonyl (C=O) groups is 1. The number of anilines is 1. The molecule has 3 rings (SSSR count). The molecule has 2 aromatic rings. The third kappa shape index (κ3) is 2.29. The maximum Gasteiger partial charge on any atom is 0.263 e. The standard InChI is InChI=1S/C13H18N4OS2/c1-7-9-10(14)11(20-13(9)17(2)16-7)12(18)15-6-8-4-3-5-19-8/h8H,3-6,14H2,1-2H3,(H,15,18). The maximum atomic E-state index is 12.3. The summed E-state index contributed by atoms with van der Waals surface area (Å²) in [5.41, 5.74) is 7.57. The molecule has 1 fully saturated rings. The van der Waals surface area contributed by atoms with Gasteiger partial charge in [0.1, 0.15) is 9.71 Å². The van der Waals surface area contributed by atoms with E-state index in [1.807, 2.05) is 25.7 Å². The predicted octanol–water partition coefficient (Wildman–Crippen LogP) is 2.15. The van der Waals surface area contributed by atoms with E-state index in [2.05, 4.69) is 10.4 Å². The van der Waals surface area contributed by atoms with Gasteiger partial charge in [0.25, 0.3) is 5.91 Å².